The summed E-state index contributed by atoms with van der Waals surface area (Å²) in [5.41, 5.74) is 3.72. The highest BCUT2D eigenvalue weighted by Gasteiger charge is 2.31. The first-order valence-corrected chi connectivity index (χ1v) is 14.2. The molecule has 3 aromatic rings. The molecule has 0 N–H and O–H groups in total. The van der Waals surface area contributed by atoms with Gasteiger partial charge in [0.1, 0.15) is 17.0 Å². The van der Waals surface area contributed by atoms with E-state index in [9.17, 15) is 4.79 Å². The van der Waals surface area contributed by atoms with Crippen LogP contribution in [0.2, 0.25) is 10.0 Å². The molecule has 0 saturated carbocycles. The Morgan fingerprint density at radius 1 is 1.08 bits per heavy atom. The van der Waals surface area contributed by atoms with Gasteiger partial charge >= 0.3 is 0 Å². The van der Waals surface area contributed by atoms with Crippen LogP contribution in [0.25, 0.3) is 11.3 Å². The number of aromatic nitrogens is 1. The van der Waals surface area contributed by atoms with E-state index in [1.165, 1.54) is 24.1 Å². The molecule has 2 aliphatic heterocycles. The Morgan fingerprint density at radius 3 is 2.46 bits per heavy atom. The number of anilines is 1. The maximum absolute atomic E-state index is 13.6. The van der Waals surface area contributed by atoms with Gasteiger partial charge in [-0.05, 0) is 49.6 Å². The zero-order chi connectivity index (χ0) is 27.4. The van der Waals surface area contributed by atoms with Crippen LogP contribution >= 0.6 is 23.2 Å². The summed E-state index contributed by atoms with van der Waals surface area (Å²) in [6.45, 7) is 11.6. The first-order chi connectivity index (χ1) is 19.0. The molecule has 3 heterocycles. The SMILES string of the molecule is C=CCOC(CN1CCN(C(=O)c2c(-c3c(Cl)cccc3Cl)noc2C)CC1)c1cccc(N2CCCC2)c1. The second kappa shape index (κ2) is 12.6. The third-order valence-corrected chi connectivity index (χ3v) is 8.12. The lowest BCUT2D eigenvalue weighted by Crippen LogP contribution is -2.49. The van der Waals surface area contributed by atoms with Crippen molar-refractivity contribution in [3.8, 4) is 11.3 Å². The lowest BCUT2D eigenvalue weighted by molar-refractivity contribution is 0.0245. The molecule has 2 aromatic carbocycles. The standard InChI is InChI=1S/C30H34Cl2N4O3/c1-3-18-38-26(22-8-6-9-23(19-22)35-12-4-5-13-35)20-34-14-16-36(17-15-34)30(37)27-21(2)39-33-29(27)28-24(31)10-7-11-25(28)32/h3,6-11,19,26H,1,4-5,12-18,20H2,2H3. The molecular formula is C30H34Cl2N4O3. The molecule has 9 heteroatoms. The van der Waals surface area contributed by atoms with Gasteiger partial charge in [0, 0.05) is 57.1 Å². The smallest absolute Gasteiger partial charge is 0.259 e. The van der Waals surface area contributed by atoms with Crippen LogP contribution in [0.1, 0.15) is 40.6 Å². The molecule has 0 radical (unpaired) electrons. The van der Waals surface area contributed by atoms with Crippen molar-refractivity contribution in [2.45, 2.75) is 25.9 Å². The number of carbonyl (C=O) groups is 1. The molecule has 1 amide bonds. The lowest BCUT2D eigenvalue weighted by atomic mass is 10.0. The van der Waals surface area contributed by atoms with Crippen molar-refractivity contribution < 1.29 is 14.1 Å². The molecule has 1 atom stereocenters. The number of nitrogens with zero attached hydrogens (tertiary/aromatic N) is 4. The van der Waals surface area contributed by atoms with Crippen LogP contribution in [-0.2, 0) is 4.74 Å². The second-order valence-electron chi connectivity index (χ2n) is 10.1. The minimum atomic E-state index is -0.128. The molecule has 1 aromatic heterocycles. The second-order valence-corrected chi connectivity index (χ2v) is 10.9. The van der Waals surface area contributed by atoms with E-state index in [0.29, 0.717) is 52.3 Å². The van der Waals surface area contributed by atoms with E-state index < -0.39 is 0 Å². The van der Waals surface area contributed by atoms with Crippen molar-refractivity contribution in [3.05, 3.63) is 82.1 Å². The van der Waals surface area contributed by atoms with E-state index in [4.69, 9.17) is 32.5 Å². The van der Waals surface area contributed by atoms with Crippen molar-refractivity contribution in [2.24, 2.45) is 0 Å². The van der Waals surface area contributed by atoms with Crippen LogP contribution < -0.4 is 4.90 Å². The van der Waals surface area contributed by atoms with Gasteiger partial charge in [0.05, 0.1) is 22.8 Å². The Labute approximate surface area is 239 Å². The number of piperazine rings is 1. The highest BCUT2D eigenvalue weighted by Crippen LogP contribution is 2.37. The first-order valence-electron chi connectivity index (χ1n) is 13.5. The number of halogens is 2. The Hall–Kier alpha value is -2.84. The fourth-order valence-corrected chi connectivity index (χ4v) is 5.96. The van der Waals surface area contributed by atoms with Gasteiger partial charge < -0.3 is 19.1 Å². The van der Waals surface area contributed by atoms with Crippen LogP contribution in [-0.4, -0.2) is 73.3 Å². The van der Waals surface area contributed by atoms with Crippen LogP contribution in [0.3, 0.4) is 0 Å². The number of hydrogen-bond acceptors (Lipinski definition) is 6. The number of rotatable bonds is 9. The van der Waals surface area contributed by atoms with Crippen LogP contribution in [0, 0.1) is 6.92 Å². The van der Waals surface area contributed by atoms with Crippen molar-refractivity contribution >= 4 is 34.8 Å². The van der Waals surface area contributed by atoms with Crippen molar-refractivity contribution in [1.29, 1.82) is 0 Å². The van der Waals surface area contributed by atoms with Gasteiger partial charge in [-0.2, -0.15) is 0 Å². The zero-order valence-electron chi connectivity index (χ0n) is 22.2. The summed E-state index contributed by atoms with van der Waals surface area (Å²) < 4.78 is 11.7. The van der Waals surface area contributed by atoms with Gasteiger partial charge in [-0.15, -0.1) is 6.58 Å². The summed E-state index contributed by atoms with van der Waals surface area (Å²) in [7, 11) is 0. The van der Waals surface area contributed by atoms with Crippen molar-refractivity contribution in [1.82, 2.24) is 15.0 Å². The summed E-state index contributed by atoms with van der Waals surface area (Å²) in [5, 5.41) is 5.00. The molecule has 0 spiro atoms. The third kappa shape index (κ3) is 6.17. The molecule has 1 unspecified atom stereocenters. The monoisotopic (exact) mass is 568 g/mol. The average molecular weight is 570 g/mol. The number of aryl methyl sites for hydroxylation is 1. The molecule has 0 aliphatic carbocycles. The average Bonchev–Trinajstić information content (AvgIpc) is 3.62. The first kappa shape index (κ1) is 27.7. The molecule has 0 bridgehead atoms. The maximum atomic E-state index is 13.6. The molecule has 2 fully saturated rings. The van der Waals surface area contributed by atoms with Gasteiger partial charge in [-0.1, -0.05) is 52.6 Å². The van der Waals surface area contributed by atoms with Gasteiger partial charge in [-0.3, -0.25) is 9.69 Å². The number of carbonyl (C=O) groups excluding carboxylic acids is 1. The van der Waals surface area contributed by atoms with E-state index in [2.05, 4.69) is 45.8 Å². The summed E-state index contributed by atoms with van der Waals surface area (Å²) in [4.78, 5) is 20.3. The molecule has 39 heavy (non-hydrogen) atoms. The molecule has 206 valence electrons. The Kier molecular flexibility index (Phi) is 8.92. The molecule has 5 rings (SSSR count). The van der Waals surface area contributed by atoms with Crippen LogP contribution in [0.5, 0.6) is 0 Å². The van der Waals surface area contributed by atoms with Gasteiger partial charge in [-0.25, -0.2) is 0 Å². The number of hydrogen-bond donors (Lipinski definition) is 0. The number of ether oxygens (including phenoxy) is 1. The van der Waals surface area contributed by atoms with Gasteiger partial charge in [0.2, 0.25) is 0 Å². The summed E-state index contributed by atoms with van der Waals surface area (Å²) in [6, 6.07) is 13.9. The molecule has 2 saturated heterocycles. The normalized spacial score (nSPS) is 17.0. The molecule has 2 aliphatic rings. The summed E-state index contributed by atoms with van der Waals surface area (Å²) in [6.07, 6.45) is 4.19. The minimum absolute atomic E-state index is 0.0814. The fraction of sp³-hybridized carbons (Fsp3) is 0.400. The highest BCUT2D eigenvalue weighted by atomic mass is 35.5. The summed E-state index contributed by atoms with van der Waals surface area (Å²) >= 11 is 12.8. The Balaban J connectivity index is 1.27. The van der Waals surface area contributed by atoms with E-state index >= 15 is 0 Å². The van der Waals surface area contributed by atoms with Crippen molar-refractivity contribution in [2.75, 3.05) is 57.3 Å². The van der Waals surface area contributed by atoms with E-state index in [-0.39, 0.29) is 12.0 Å². The van der Waals surface area contributed by atoms with Crippen LogP contribution in [0.4, 0.5) is 5.69 Å². The lowest BCUT2D eigenvalue weighted by Gasteiger charge is -2.36. The third-order valence-electron chi connectivity index (χ3n) is 7.49. The predicted octanol–water partition coefficient (Wildman–Crippen LogP) is 6.26. The quantitative estimate of drug-likeness (QED) is 0.284. The van der Waals surface area contributed by atoms with Gasteiger partial charge in [0.25, 0.3) is 5.91 Å². The molecule has 7 nitrogen and oxygen atoms in total. The minimum Gasteiger partial charge on any atom is -0.372 e. The molecular weight excluding hydrogens is 535 g/mol. The van der Waals surface area contributed by atoms with Gasteiger partial charge in [0.15, 0.2) is 0 Å². The summed E-state index contributed by atoms with van der Waals surface area (Å²) in [5.74, 6) is 0.321. The Bertz CT molecular complexity index is 1290. The number of amides is 1. The topological polar surface area (TPSA) is 62.1 Å². The van der Waals surface area contributed by atoms with E-state index in [0.717, 1.165) is 32.7 Å². The van der Waals surface area contributed by atoms with E-state index in [1.807, 2.05) is 4.90 Å². The van der Waals surface area contributed by atoms with E-state index in [1.54, 1.807) is 31.2 Å². The highest BCUT2D eigenvalue weighted by molar-refractivity contribution is 6.39. The zero-order valence-corrected chi connectivity index (χ0v) is 23.8. The van der Waals surface area contributed by atoms with Crippen molar-refractivity contribution in [3.63, 3.8) is 0 Å². The largest absolute Gasteiger partial charge is 0.372 e. The fourth-order valence-electron chi connectivity index (χ4n) is 5.38. The number of benzene rings is 2. The van der Waals surface area contributed by atoms with Crippen LogP contribution in [0.15, 0.2) is 59.6 Å². The Morgan fingerprint density at radius 2 is 1.77 bits per heavy atom. The maximum Gasteiger partial charge on any atom is 0.259 e. The predicted molar refractivity (Wildman–Crippen MR) is 156 cm³/mol.